The van der Waals surface area contributed by atoms with Crippen molar-refractivity contribution in [3.05, 3.63) is 58.6 Å². The highest BCUT2D eigenvalue weighted by Gasteiger charge is 2.39. The van der Waals surface area contributed by atoms with Crippen molar-refractivity contribution in [1.29, 1.82) is 0 Å². The van der Waals surface area contributed by atoms with E-state index in [0.717, 1.165) is 24.0 Å². The lowest BCUT2D eigenvalue weighted by atomic mass is 9.77. The lowest BCUT2D eigenvalue weighted by molar-refractivity contribution is -0.136. The third kappa shape index (κ3) is 6.14. The van der Waals surface area contributed by atoms with Crippen molar-refractivity contribution in [3.8, 4) is 11.5 Å². The van der Waals surface area contributed by atoms with Crippen molar-refractivity contribution in [2.24, 2.45) is 11.1 Å². The van der Waals surface area contributed by atoms with Crippen LogP contribution in [-0.2, 0) is 16.0 Å². The molecule has 3 rings (SSSR count). The number of hydrogen-bond acceptors (Lipinski definition) is 4. The topological polar surface area (TPSA) is 81.9 Å². The van der Waals surface area contributed by atoms with E-state index >= 15 is 0 Å². The number of rotatable bonds is 8. The molecule has 0 saturated carbocycles. The number of halogens is 1. The zero-order valence-corrected chi connectivity index (χ0v) is 18.8. The number of amides is 2. The first-order chi connectivity index (χ1) is 14.8. The Morgan fingerprint density at radius 2 is 2.03 bits per heavy atom. The molecule has 166 valence electrons. The van der Waals surface area contributed by atoms with Crippen molar-refractivity contribution >= 4 is 23.4 Å². The van der Waals surface area contributed by atoms with Crippen molar-refractivity contribution in [1.82, 2.24) is 4.90 Å². The van der Waals surface area contributed by atoms with Crippen LogP contribution in [0.3, 0.4) is 0 Å². The van der Waals surface area contributed by atoms with Crippen molar-refractivity contribution < 1.29 is 19.1 Å². The van der Waals surface area contributed by atoms with Gasteiger partial charge in [0.25, 0.3) is 0 Å². The number of ether oxygens (including phenoxy) is 2. The number of benzene rings is 2. The molecule has 1 fully saturated rings. The largest absolute Gasteiger partial charge is 0.496 e. The van der Waals surface area contributed by atoms with Crippen LogP contribution in [0.4, 0.5) is 0 Å². The van der Waals surface area contributed by atoms with E-state index < -0.39 is 11.3 Å². The minimum atomic E-state index is -0.529. The monoisotopic (exact) mass is 444 g/mol. The Balaban J connectivity index is 1.74. The minimum Gasteiger partial charge on any atom is -0.496 e. The Hall–Kier alpha value is -2.73. The van der Waals surface area contributed by atoms with E-state index in [1.807, 2.05) is 42.2 Å². The average molecular weight is 445 g/mol. The summed E-state index contributed by atoms with van der Waals surface area (Å²) in [5, 5.41) is 0.578. The van der Waals surface area contributed by atoms with Gasteiger partial charge >= 0.3 is 0 Å². The number of aryl methyl sites for hydroxylation is 1. The quantitative estimate of drug-likeness (QED) is 0.672. The predicted octanol–water partition coefficient (Wildman–Crippen LogP) is 3.76. The molecule has 1 saturated heterocycles. The highest BCUT2D eigenvalue weighted by atomic mass is 35.5. The van der Waals surface area contributed by atoms with Crippen molar-refractivity contribution in [2.45, 2.75) is 32.6 Å². The molecule has 2 aromatic rings. The molecule has 2 N–H and O–H groups in total. The van der Waals surface area contributed by atoms with Crippen molar-refractivity contribution in [2.75, 3.05) is 26.8 Å². The Morgan fingerprint density at radius 1 is 1.23 bits per heavy atom. The van der Waals surface area contributed by atoms with Crippen LogP contribution in [0, 0.1) is 12.3 Å². The van der Waals surface area contributed by atoms with Gasteiger partial charge in [-0.2, -0.15) is 0 Å². The molecular formula is C24H29ClN2O4. The maximum absolute atomic E-state index is 13.1. The summed E-state index contributed by atoms with van der Waals surface area (Å²) in [5.74, 6) is 0.928. The molecule has 0 spiro atoms. The van der Waals surface area contributed by atoms with Crippen LogP contribution in [-0.4, -0.2) is 43.5 Å². The van der Waals surface area contributed by atoms with Crippen LogP contribution < -0.4 is 15.2 Å². The van der Waals surface area contributed by atoms with E-state index in [0.29, 0.717) is 29.6 Å². The van der Waals surface area contributed by atoms with Crippen LogP contribution >= 0.6 is 11.6 Å². The molecule has 1 aliphatic rings. The molecule has 0 unspecified atom stereocenters. The third-order valence-corrected chi connectivity index (χ3v) is 5.92. The smallest absolute Gasteiger partial charge is 0.227 e. The van der Waals surface area contributed by atoms with E-state index in [-0.39, 0.29) is 25.4 Å². The maximum Gasteiger partial charge on any atom is 0.227 e. The Labute approximate surface area is 188 Å². The van der Waals surface area contributed by atoms with E-state index in [2.05, 4.69) is 0 Å². The first kappa shape index (κ1) is 22.9. The summed E-state index contributed by atoms with van der Waals surface area (Å²) in [7, 11) is 1.60. The first-order valence-electron chi connectivity index (χ1n) is 10.4. The van der Waals surface area contributed by atoms with Gasteiger partial charge in [-0.1, -0.05) is 35.4 Å². The molecule has 1 atom stereocenters. The molecule has 2 amide bonds. The fourth-order valence-electron chi connectivity index (χ4n) is 4.22. The van der Waals surface area contributed by atoms with Gasteiger partial charge in [-0.15, -0.1) is 0 Å². The summed E-state index contributed by atoms with van der Waals surface area (Å²) in [6.45, 7) is 3.33. The van der Waals surface area contributed by atoms with Gasteiger partial charge in [0.2, 0.25) is 11.8 Å². The average Bonchev–Trinajstić information content (AvgIpc) is 2.72. The lowest BCUT2D eigenvalue weighted by Crippen LogP contribution is -2.50. The standard InChI is InChI=1S/C24H29ClN2O4/c1-17-7-8-21(30-2)18(11-17)12-23(29)27-10-4-9-24(15-27,14-22(26)28)16-31-20-6-3-5-19(25)13-20/h3,5-8,11,13H,4,9-10,12,14-16H2,1-2H3,(H2,26,28)/t24-/m0/s1. The lowest BCUT2D eigenvalue weighted by Gasteiger charge is -2.42. The summed E-state index contributed by atoms with van der Waals surface area (Å²) >= 11 is 6.05. The molecule has 1 aliphatic heterocycles. The van der Waals surface area contributed by atoms with Gasteiger partial charge in [0.05, 0.1) is 20.1 Å². The van der Waals surface area contributed by atoms with E-state index in [4.69, 9.17) is 26.8 Å². The molecule has 1 heterocycles. The molecule has 7 heteroatoms. The highest BCUT2D eigenvalue weighted by molar-refractivity contribution is 6.30. The number of nitrogens with two attached hydrogens (primary N) is 1. The van der Waals surface area contributed by atoms with Crippen LogP contribution in [0.15, 0.2) is 42.5 Å². The molecule has 6 nitrogen and oxygen atoms in total. The second-order valence-corrected chi connectivity index (χ2v) is 8.74. The number of nitrogens with zero attached hydrogens (tertiary/aromatic N) is 1. The molecule has 31 heavy (non-hydrogen) atoms. The van der Waals surface area contributed by atoms with Gasteiger partial charge < -0.3 is 20.1 Å². The van der Waals surface area contributed by atoms with E-state index in [9.17, 15) is 9.59 Å². The molecular weight excluding hydrogens is 416 g/mol. The van der Waals surface area contributed by atoms with Gasteiger partial charge in [-0.05, 0) is 44.0 Å². The number of methoxy groups -OCH3 is 1. The summed E-state index contributed by atoms with van der Waals surface area (Å²) in [4.78, 5) is 26.8. The van der Waals surface area contributed by atoms with E-state index in [1.54, 1.807) is 19.2 Å². The van der Waals surface area contributed by atoms with Crippen molar-refractivity contribution in [3.63, 3.8) is 0 Å². The first-order valence-corrected chi connectivity index (χ1v) is 10.8. The Morgan fingerprint density at radius 3 is 2.74 bits per heavy atom. The van der Waals surface area contributed by atoms with Crippen LogP contribution in [0.1, 0.15) is 30.4 Å². The van der Waals surface area contributed by atoms with Gasteiger partial charge in [0, 0.05) is 35.5 Å². The van der Waals surface area contributed by atoms with Gasteiger partial charge in [0.1, 0.15) is 11.5 Å². The maximum atomic E-state index is 13.1. The van der Waals surface area contributed by atoms with Crippen LogP contribution in [0.25, 0.3) is 0 Å². The number of carbonyl (C=O) groups excluding carboxylic acids is 2. The number of hydrogen-bond donors (Lipinski definition) is 1. The van der Waals surface area contributed by atoms with Crippen LogP contribution in [0.5, 0.6) is 11.5 Å². The van der Waals surface area contributed by atoms with Gasteiger partial charge in [-0.25, -0.2) is 0 Å². The number of piperidine rings is 1. The molecule has 2 aromatic carbocycles. The zero-order chi connectivity index (χ0) is 22.4. The molecule has 0 aliphatic carbocycles. The number of likely N-dealkylation sites (tertiary alicyclic amines) is 1. The summed E-state index contributed by atoms with van der Waals surface area (Å²) < 4.78 is 11.4. The highest BCUT2D eigenvalue weighted by Crippen LogP contribution is 2.35. The Kier molecular flexibility index (Phi) is 7.44. The Bertz CT molecular complexity index is 949. The van der Waals surface area contributed by atoms with E-state index in [1.165, 1.54) is 0 Å². The molecule has 0 aromatic heterocycles. The zero-order valence-electron chi connectivity index (χ0n) is 18.0. The summed E-state index contributed by atoms with van der Waals surface area (Å²) in [6, 6.07) is 12.9. The summed E-state index contributed by atoms with van der Waals surface area (Å²) in [6.07, 6.45) is 1.94. The third-order valence-electron chi connectivity index (χ3n) is 5.68. The number of carbonyl (C=O) groups is 2. The fourth-order valence-corrected chi connectivity index (χ4v) is 4.40. The molecule has 0 radical (unpaired) electrons. The second-order valence-electron chi connectivity index (χ2n) is 8.30. The fraction of sp³-hybridized carbons (Fsp3) is 0.417. The SMILES string of the molecule is COc1ccc(C)cc1CC(=O)N1CCC[C@](COc2cccc(Cl)c2)(CC(N)=O)C1. The minimum absolute atomic E-state index is 0.000186. The normalized spacial score (nSPS) is 18.5. The molecule has 0 bridgehead atoms. The summed E-state index contributed by atoms with van der Waals surface area (Å²) in [5.41, 5.74) is 6.96. The van der Waals surface area contributed by atoms with Gasteiger partial charge in [-0.3, -0.25) is 9.59 Å². The van der Waals surface area contributed by atoms with Crippen LogP contribution in [0.2, 0.25) is 5.02 Å². The second kappa shape index (κ2) is 10.1. The number of primary amides is 1. The predicted molar refractivity (Wildman–Crippen MR) is 120 cm³/mol. The van der Waals surface area contributed by atoms with Gasteiger partial charge in [0.15, 0.2) is 0 Å².